The number of halogens is 2. The van der Waals surface area contributed by atoms with Crippen LogP contribution in [0.4, 0.5) is 0 Å². The van der Waals surface area contributed by atoms with Crippen molar-refractivity contribution in [2.45, 2.75) is 19.6 Å². The van der Waals surface area contributed by atoms with E-state index in [0.717, 1.165) is 0 Å². The van der Waals surface area contributed by atoms with Gasteiger partial charge >= 0.3 is 35.3 Å². The minimum absolute atomic E-state index is 0.171. The first-order chi connectivity index (χ1) is 6.95. The third-order valence-electron chi connectivity index (χ3n) is 2.32. The molecule has 0 bridgehead atoms. The van der Waals surface area contributed by atoms with Crippen LogP contribution in [0.1, 0.15) is 13.8 Å². The fourth-order valence-corrected chi connectivity index (χ4v) is 1.06. The molecular weight excluding hydrogens is 422 g/mol. The van der Waals surface area contributed by atoms with Crippen LogP contribution in [0.2, 0.25) is 0 Å². The van der Waals surface area contributed by atoms with Crippen molar-refractivity contribution >= 4 is 18.8 Å². The SMILES string of the molecule is CC1(C)OCC(CN)(CN)CO1.[Cl][Pt][Cl]. The van der Waals surface area contributed by atoms with Crippen LogP contribution in [-0.2, 0) is 26.0 Å². The number of hydrogen-bond donors (Lipinski definition) is 2. The van der Waals surface area contributed by atoms with Crippen molar-refractivity contribution in [1.82, 2.24) is 0 Å². The average molecular weight is 440 g/mol. The Kier molecular flexibility index (Phi) is 7.99. The van der Waals surface area contributed by atoms with E-state index in [4.69, 9.17) is 39.8 Å². The number of nitrogens with two attached hydrogens (primary N) is 2. The normalized spacial score (nSPS) is 23.1. The molecule has 15 heavy (non-hydrogen) atoms. The molecule has 1 saturated heterocycles. The zero-order valence-corrected chi connectivity index (χ0v) is 12.7. The Morgan fingerprint density at radius 2 is 1.47 bits per heavy atom. The van der Waals surface area contributed by atoms with Gasteiger partial charge in [-0.15, -0.1) is 0 Å². The zero-order chi connectivity index (χ0) is 11.9. The molecule has 0 amide bonds. The van der Waals surface area contributed by atoms with Gasteiger partial charge in [0.2, 0.25) is 0 Å². The Morgan fingerprint density at radius 1 is 1.13 bits per heavy atom. The molecule has 1 aliphatic rings. The Morgan fingerprint density at radius 3 is 1.73 bits per heavy atom. The number of hydrogen-bond acceptors (Lipinski definition) is 4. The summed E-state index contributed by atoms with van der Waals surface area (Å²) in [7, 11) is 9.75. The van der Waals surface area contributed by atoms with E-state index in [1.165, 1.54) is 0 Å². The van der Waals surface area contributed by atoms with Crippen molar-refractivity contribution in [3.05, 3.63) is 0 Å². The van der Waals surface area contributed by atoms with Crippen LogP contribution < -0.4 is 11.5 Å². The molecule has 0 spiro atoms. The first-order valence-electron chi connectivity index (χ1n) is 4.46. The van der Waals surface area contributed by atoms with Gasteiger partial charge in [-0.2, -0.15) is 0 Å². The van der Waals surface area contributed by atoms with E-state index >= 15 is 0 Å². The molecule has 0 aromatic heterocycles. The molecule has 0 atom stereocenters. The maximum absolute atomic E-state index is 5.60. The van der Waals surface area contributed by atoms with E-state index in [0.29, 0.717) is 26.3 Å². The molecule has 0 radical (unpaired) electrons. The molecule has 7 heteroatoms. The molecule has 1 fully saturated rings. The van der Waals surface area contributed by atoms with Gasteiger partial charge in [-0.25, -0.2) is 0 Å². The van der Waals surface area contributed by atoms with E-state index in [2.05, 4.69) is 0 Å². The third kappa shape index (κ3) is 5.83. The van der Waals surface area contributed by atoms with Gasteiger partial charge in [-0.1, -0.05) is 0 Å². The zero-order valence-electron chi connectivity index (χ0n) is 8.87. The van der Waals surface area contributed by atoms with Gasteiger partial charge in [0.05, 0.1) is 13.2 Å². The first kappa shape index (κ1) is 16.1. The average Bonchev–Trinajstić information content (AvgIpc) is 2.20. The molecule has 0 aromatic carbocycles. The van der Waals surface area contributed by atoms with Crippen LogP contribution in [-0.4, -0.2) is 32.1 Å². The van der Waals surface area contributed by atoms with Crippen molar-refractivity contribution in [2.75, 3.05) is 26.3 Å². The van der Waals surface area contributed by atoms with Gasteiger partial charge in [0.15, 0.2) is 5.79 Å². The minimum atomic E-state index is -0.478. The second kappa shape index (κ2) is 7.44. The van der Waals surface area contributed by atoms with Crippen LogP contribution >= 0.6 is 18.8 Å². The summed E-state index contributed by atoms with van der Waals surface area (Å²) in [5.74, 6) is -0.478. The molecule has 0 saturated carbocycles. The molecular formula is C8H18Cl2N2O2Pt. The van der Waals surface area contributed by atoms with Crippen molar-refractivity contribution in [3.8, 4) is 0 Å². The Labute approximate surface area is 107 Å². The quantitative estimate of drug-likeness (QED) is 0.674. The summed E-state index contributed by atoms with van der Waals surface area (Å²) in [5, 5.41) is 0. The fourth-order valence-electron chi connectivity index (χ4n) is 1.06. The van der Waals surface area contributed by atoms with E-state index in [-0.39, 0.29) is 5.41 Å². The summed E-state index contributed by atoms with van der Waals surface area (Å²) < 4.78 is 11.0. The molecule has 0 aromatic rings. The summed E-state index contributed by atoms with van der Waals surface area (Å²) in [6, 6.07) is 0. The van der Waals surface area contributed by atoms with Gasteiger partial charge in [0.1, 0.15) is 0 Å². The Bertz CT molecular complexity index is 168. The molecule has 1 heterocycles. The van der Waals surface area contributed by atoms with E-state index in [1.807, 2.05) is 13.8 Å². The molecule has 4 N–H and O–H groups in total. The van der Waals surface area contributed by atoms with E-state index in [1.54, 1.807) is 0 Å². The van der Waals surface area contributed by atoms with Gasteiger partial charge in [-0.05, 0) is 13.8 Å². The topological polar surface area (TPSA) is 70.5 Å². The molecule has 4 nitrogen and oxygen atoms in total. The summed E-state index contributed by atoms with van der Waals surface area (Å²) in [4.78, 5) is 0. The predicted molar refractivity (Wildman–Crippen MR) is 58.2 cm³/mol. The summed E-state index contributed by atoms with van der Waals surface area (Å²) in [6.45, 7) is 5.99. The van der Waals surface area contributed by atoms with Crippen LogP contribution in [0.5, 0.6) is 0 Å². The van der Waals surface area contributed by atoms with Crippen LogP contribution in [0.15, 0.2) is 0 Å². The molecule has 0 unspecified atom stereocenters. The second-order valence-electron chi connectivity index (χ2n) is 3.93. The van der Waals surface area contributed by atoms with Crippen LogP contribution in [0.3, 0.4) is 0 Å². The molecule has 1 rings (SSSR count). The maximum atomic E-state index is 5.60. The molecule has 0 aliphatic carbocycles. The summed E-state index contributed by atoms with van der Waals surface area (Å²) in [5.41, 5.74) is 11.0. The number of ether oxygens (including phenoxy) is 2. The molecule has 1 aliphatic heterocycles. The standard InChI is InChI=1S/C8H18N2O2.2ClH.Pt/c1-7(2)11-5-8(3-9,4-10)6-12-7;;;/h3-6,9-10H2,1-2H3;2*1H;/q;;;+2/p-2. The number of rotatable bonds is 2. The van der Waals surface area contributed by atoms with Gasteiger partial charge in [0, 0.05) is 18.5 Å². The summed E-state index contributed by atoms with van der Waals surface area (Å²) in [6.07, 6.45) is 0. The van der Waals surface area contributed by atoms with Crippen LogP contribution in [0.25, 0.3) is 0 Å². The van der Waals surface area contributed by atoms with E-state index in [9.17, 15) is 0 Å². The van der Waals surface area contributed by atoms with E-state index < -0.39 is 22.3 Å². The Balaban J connectivity index is 0.000000583. The summed E-state index contributed by atoms with van der Waals surface area (Å²) >= 11 is -0.472. The molecule has 96 valence electrons. The monoisotopic (exact) mass is 439 g/mol. The van der Waals surface area contributed by atoms with Gasteiger partial charge in [0.25, 0.3) is 0 Å². The first-order valence-corrected chi connectivity index (χ1v) is 10.1. The third-order valence-corrected chi connectivity index (χ3v) is 2.32. The second-order valence-corrected chi connectivity index (χ2v) is 7.21. The van der Waals surface area contributed by atoms with Crippen molar-refractivity contribution in [2.24, 2.45) is 16.9 Å². The van der Waals surface area contributed by atoms with Gasteiger partial charge < -0.3 is 20.9 Å². The fraction of sp³-hybridized carbons (Fsp3) is 1.00. The van der Waals surface area contributed by atoms with Gasteiger partial charge in [-0.3, -0.25) is 0 Å². The van der Waals surface area contributed by atoms with Crippen molar-refractivity contribution in [1.29, 1.82) is 0 Å². The predicted octanol–water partition coefficient (Wildman–Crippen LogP) is 1.05. The Hall–Kier alpha value is 1.11. The van der Waals surface area contributed by atoms with Crippen molar-refractivity contribution < 1.29 is 26.0 Å². The van der Waals surface area contributed by atoms with Crippen LogP contribution in [0, 0.1) is 5.41 Å². The van der Waals surface area contributed by atoms with Crippen molar-refractivity contribution in [3.63, 3.8) is 0 Å².